The third-order valence-corrected chi connectivity index (χ3v) is 3.35. The Labute approximate surface area is 144 Å². The van der Waals surface area contributed by atoms with E-state index in [1.807, 2.05) is 0 Å². The molecular weight excluding hydrogens is 327 g/mol. The summed E-state index contributed by atoms with van der Waals surface area (Å²) >= 11 is 0. The van der Waals surface area contributed by atoms with Gasteiger partial charge in [0.25, 0.3) is 5.91 Å². The van der Waals surface area contributed by atoms with Crippen LogP contribution in [0.25, 0.3) is 0 Å². The number of aromatic hydroxyl groups is 1. The Hall–Kier alpha value is -3.09. The molecule has 2 N–H and O–H groups in total. The second-order valence-corrected chi connectivity index (χ2v) is 5.07. The fourth-order valence-electron chi connectivity index (χ4n) is 2.05. The molecule has 0 aliphatic carbocycles. The molecule has 7 heteroatoms. The number of carbonyl (C=O) groups excluding carboxylic acids is 1. The molecule has 0 aromatic heterocycles. The number of hydrogen-bond donors (Lipinski definition) is 2. The number of hydrazone groups is 1. The number of phenolic OH excluding ortho intramolecular Hbond substituents is 1. The van der Waals surface area contributed by atoms with Crippen LogP contribution in [-0.2, 0) is 4.79 Å². The van der Waals surface area contributed by atoms with Crippen molar-refractivity contribution in [2.75, 3.05) is 13.7 Å². The van der Waals surface area contributed by atoms with E-state index in [2.05, 4.69) is 10.5 Å². The van der Waals surface area contributed by atoms with Crippen LogP contribution >= 0.6 is 0 Å². The fraction of sp³-hybridized carbons (Fsp3) is 0.222. The molecule has 1 amide bonds. The van der Waals surface area contributed by atoms with Crippen molar-refractivity contribution in [2.24, 2.45) is 5.10 Å². The lowest BCUT2D eigenvalue weighted by Gasteiger charge is -2.08. The van der Waals surface area contributed by atoms with Crippen molar-refractivity contribution in [1.82, 2.24) is 5.43 Å². The van der Waals surface area contributed by atoms with E-state index in [0.29, 0.717) is 23.6 Å². The summed E-state index contributed by atoms with van der Waals surface area (Å²) in [6.45, 7) is 1.55. The van der Waals surface area contributed by atoms with E-state index in [-0.39, 0.29) is 17.9 Å². The zero-order chi connectivity index (χ0) is 18.2. The van der Waals surface area contributed by atoms with E-state index in [9.17, 15) is 14.3 Å². The van der Waals surface area contributed by atoms with Gasteiger partial charge in [-0.25, -0.2) is 9.82 Å². The van der Waals surface area contributed by atoms with E-state index in [1.165, 1.54) is 6.07 Å². The van der Waals surface area contributed by atoms with Gasteiger partial charge in [-0.15, -0.1) is 0 Å². The molecule has 0 aliphatic heterocycles. The Bertz CT molecular complexity index is 760. The molecule has 0 saturated heterocycles. The summed E-state index contributed by atoms with van der Waals surface area (Å²) in [5.41, 5.74) is 2.93. The van der Waals surface area contributed by atoms with Crippen molar-refractivity contribution in [1.29, 1.82) is 0 Å². The summed E-state index contributed by atoms with van der Waals surface area (Å²) < 4.78 is 23.7. The number of halogens is 1. The molecular formula is C18H19FN2O4. The standard InChI is InChI=1S/C18H19FN2O4/c1-3-16(15-10-12(19)4-9-17(15)22)20-21-18(23)11-25-14-7-5-13(24-2)6-8-14/h4-10,22H,3,11H2,1-2H3,(H,21,23). The van der Waals surface area contributed by atoms with Gasteiger partial charge in [-0.3, -0.25) is 4.79 Å². The molecule has 0 fully saturated rings. The van der Waals surface area contributed by atoms with Crippen LogP contribution in [0.4, 0.5) is 4.39 Å². The highest BCUT2D eigenvalue weighted by molar-refractivity contribution is 6.03. The number of rotatable bonds is 7. The molecule has 2 aromatic rings. The van der Waals surface area contributed by atoms with Gasteiger partial charge < -0.3 is 14.6 Å². The van der Waals surface area contributed by atoms with Crippen LogP contribution in [0, 0.1) is 5.82 Å². The number of ether oxygens (including phenoxy) is 2. The number of amides is 1. The first kappa shape index (κ1) is 18.3. The summed E-state index contributed by atoms with van der Waals surface area (Å²) in [5, 5.41) is 13.7. The third kappa shape index (κ3) is 5.20. The molecule has 0 heterocycles. The lowest BCUT2D eigenvalue weighted by Crippen LogP contribution is -2.26. The number of methoxy groups -OCH3 is 1. The van der Waals surface area contributed by atoms with Gasteiger partial charge in [0.2, 0.25) is 0 Å². The molecule has 0 atom stereocenters. The minimum Gasteiger partial charge on any atom is -0.507 e. The Balaban J connectivity index is 1.96. The zero-order valence-electron chi connectivity index (χ0n) is 14.0. The second-order valence-electron chi connectivity index (χ2n) is 5.07. The van der Waals surface area contributed by atoms with E-state index >= 15 is 0 Å². The highest BCUT2D eigenvalue weighted by Crippen LogP contribution is 2.20. The summed E-state index contributed by atoms with van der Waals surface area (Å²) in [4.78, 5) is 11.8. The molecule has 132 valence electrons. The van der Waals surface area contributed by atoms with Crippen molar-refractivity contribution in [2.45, 2.75) is 13.3 Å². The predicted molar refractivity (Wildman–Crippen MR) is 91.5 cm³/mol. The average molecular weight is 346 g/mol. The Morgan fingerprint density at radius 3 is 2.52 bits per heavy atom. The number of nitrogens with zero attached hydrogens (tertiary/aromatic N) is 1. The normalized spacial score (nSPS) is 11.1. The molecule has 0 saturated carbocycles. The molecule has 25 heavy (non-hydrogen) atoms. The largest absolute Gasteiger partial charge is 0.507 e. The highest BCUT2D eigenvalue weighted by Gasteiger charge is 2.10. The molecule has 2 aromatic carbocycles. The van der Waals surface area contributed by atoms with Gasteiger partial charge >= 0.3 is 0 Å². The first-order chi connectivity index (χ1) is 12.0. The van der Waals surface area contributed by atoms with Gasteiger partial charge in [0.1, 0.15) is 23.1 Å². The summed E-state index contributed by atoms with van der Waals surface area (Å²) in [6.07, 6.45) is 0.399. The first-order valence-electron chi connectivity index (χ1n) is 7.64. The van der Waals surface area contributed by atoms with Gasteiger partial charge in [0.15, 0.2) is 6.61 Å². The lowest BCUT2D eigenvalue weighted by atomic mass is 10.1. The maximum atomic E-state index is 13.3. The van der Waals surface area contributed by atoms with Crippen LogP contribution in [0.1, 0.15) is 18.9 Å². The van der Waals surface area contributed by atoms with E-state index < -0.39 is 11.7 Å². The third-order valence-electron chi connectivity index (χ3n) is 3.35. The minimum absolute atomic E-state index is 0.106. The van der Waals surface area contributed by atoms with Crippen LogP contribution < -0.4 is 14.9 Å². The minimum atomic E-state index is -0.497. The van der Waals surface area contributed by atoms with Crippen molar-refractivity contribution in [3.63, 3.8) is 0 Å². The monoisotopic (exact) mass is 346 g/mol. The maximum absolute atomic E-state index is 13.3. The molecule has 0 unspecified atom stereocenters. The van der Waals surface area contributed by atoms with Crippen LogP contribution in [0.3, 0.4) is 0 Å². The topological polar surface area (TPSA) is 80.2 Å². The van der Waals surface area contributed by atoms with Crippen molar-refractivity contribution in [3.8, 4) is 17.2 Å². The van der Waals surface area contributed by atoms with E-state index in [4.69, 9.17) is 9.47 Å². The Morgan fingerprint density at radius 2 is 1.88 bits per heavy atom. The first-order valence-corrected chi connectivity index (χ1v) is 7.64. The van der Waals surface area contributed by atoms with Gasteiger partial charge in [-0.05, 0) is 48.9 Å². The maximum Gasteiger partial charge on any atom is 0.277 e. The zero-order valence-corrected chi connectivity index (χ0v) is 14.0. The number of nitrogens with one attached hydrogen (secondary N) is 1. The molecule has 0 radical (unpaired) electrons. The van der Waals surface area contributed by atoms with Crippen molar-refractivity contribution in [3.05, 3.63) is 53.8 Å². The van der Waals surface area contributed by atoms with E-state index in [1.54, 1.807) is 38.3 Å². The number of hydrogen-bond acceptors (Lipinski definition) is 5. The fourth-order valence-corrected chi connectivity index (χ4v) is 2.05. The van der Waals surface area contributed by atoms with Gasteiger partial charge in [-0.2, -0.15) is 5.10 Å². The highest BCUT2D eigenvalue weighted by atomic mass is 19.1. The predicted octanol–water partition coefficient (Wildman–Crippen LogP) is 2.85. The molecule has 6 nitrogen and oxygen atoms in total. The van der Waals surface area contributed by atoms with Crippen LogP contribution in [0.2, 0.25) is 0 Å². The Morgan fingerprint density at radius 1 is 1.20 bits per heavy atom. The second kappa shape index (κ2) is 8.68. The van der Waals surface area contributed by atoms with E-state index in [0.717, 1.165) is 12.1 Å². The van der Waals surface area contributed by atoms with Crippen LogP contribution in [0.15, 0.2) is 47.6 Å². The molecule has 0 bridgehead atoms. The summed E-state index contributed by atoms with van der Waals surface area (Å²) in [6, 6.07) is 10.3. The van der Waals surface area contributed by atoms with Crippen molar-refractivity contribution < 1.29 is 23.8 Å². The SMILES string of the molecule is CCC(=NNC(=O)COc1ccc(OC)cc1)c1cc(F)ccc1O. The average Bonchev–Trinajstić information content (AvgIpc) is 2.63. The molecule has 0 spiro atoms. The van der Waals surface area contributed by atoms with Gasteiger partial charge in [0.05, 0.1) is 12.8 Å². The van der Waals surface area contributed by atoms with Gasteiger partial charge in [-0.1, -0.05) is 6.92 Å². The summed E-state index contributed by atoms with van der Waals surface area (Å²) in [7, 11) is 1.56. The quantitative estimate of drug-likeness (QED) is 0.597. The van der Waals surface area contributed by atoms with Crippen LogP contribution in [-0.4, -0.2) is 30.4 Å². The summed E-state index contributed by atoms with van der Waals surface area (Å²) in [5.74, 6) is 0.119. The Kier molecular flexibility index (Phi) is 6.33. The number of benzene rings is 2. The van der Waals surface area contributed by atoms with Crippen LogP contribution in [0.5, 0.6) is 17.2 Å². The van der Waals surface area contributed by atoms with Gasteiger partial charge in [0, 0.05) is 5.56 Å². The number of phenols is 1. The molecule has 0 aliphatic rings. The lowest BCUT2D eigenvalue weighted by molar-refractivity contribution is -0.123. The molecule has 2 rings (SSSR count). The smallest absolute Gasteiger partial charge is 0.277 e. The number of carbonyl (C=O) groups is 1. The van der Waals surface area contributed by atoms with Crippen molar-refractivity contribution >= 4 is 11.6 Å².